The van der Waals surface area contributed by atoms with Crippen molar-refractivity contribution in [3.8, 4) is 0 Å². The number of rotatable bonds is 4. The molecular weight excluding hydrogens is 381 g/mol. The van der Waals surface area contributed by atoms with Crippen LogP contribution in [0.15, 0.2) is 59.4 Å². The summed E-state index contributed by atoms with van der Waals surface area (Å²) < 4.78 is 44.2. The number of carbonyl (C=O) groups is 1. The van der Waals surface area contributed by atoms with Gasteiger partial charge < -0.3 is 9.84 Å². The maximum atomic E-state index is 12.9. The Kier molecular flexibility index (Phi) is 9.43. The number of allylic oxidation sites excluding steroid dienone is 8. The van der Waals surface area contributed by atoms with Crippen LogP contribution in [0.25, 0.3) is 0 Å². The van der Waals surface area contributed by atoms with Gasteiger partial charge in [0.2, 0.25) is 6.10 Å². The number of carboxylic acid groups (broad SMARTS) is 1. The third kappa shape index (κ3) is 7.67. The molecule has 0 aromatic heterocycles. The first-order valence-corrected chi connectivity index (χ1v) is 9.25. The molecule has 3 nitrogen and oxygen atoms in total. The van der Waals surface area contributed by atoms with Crippen molar-refractivity contribution in [2.24, 2.45) is 0 Å². The predicted octanol–water partition coefficient (Wildman–Crippen LogP) is 6.09. The molecule has 2 rings (SSSR count). The lowest BCUT2D eigenvalue weighted by molar-refractivity contribution is -0.145. The van der Waals surface area contributed by atoms with Crippen molar-refractivity contribution in [2.45, 2.75) is 57.2 Å². The number of ether oxygens (including phenoxy) is 1. The van der Waals surface area contributed by atoms with Crippen molar-refractivity contribution in [2.75, 3.05) is 0 Å². The van der Waals surface area contributed by atoms with Gasteiger partial charge in [0, 0.05) is 0 Å². The van der Waals surface area contributed by atoms with E-state index in [4.69, 9.17) is 16.3 Å². The normalized spacial score (nSPS) is 24.4. The molecule has 0 amide bonds. The zero-order valence-corrected chi connectivity index (χ0v) is 16.1. The van der Waals surface area contributed by atoms with E-state index in [0.29, 0.717) is 24.8 Å². The summed E-state index contributed by atoms with van der Waals surface area (Å²) in [6, 6.07) is 0. The summed E-state index contributed by atoms with van der Waals surface area (Å²) >= 11 is 6.02. The fourth-order valence-corrected chi connectivity index (χ4v) is 2.73. The van der Waals surface area contributed by atoms with Gasteiger partial charge in [-0.3, -0.25) is 0 Å². The van der Waals surface area contributed by atoms with E-state index in [1.807, 2.05) is 13.8 Å². The van der Waals surface area contributed by atoms with Crippen LogP contribution in [-0.4, -0.2) is 28.7 Å². The van der Waals surface area contributed by atoms with Crippen molar-refractivity contribution in [3.63, 3.8) is 0 Å². The van der Waals surface area contributed by atoms with Gasteiger partial charge in [-0.1, -0.05) is 44.2 Å². The van der Waals surface area contributed by atoms with Crippen LogP contribution in [0.5, 0.6) is 0 Å². The van der Waals surface area contributed by atoms with Gasteiger partial charge in [-0.05, 0) is 43.4 Å². The molecule has 0 bridgehead atoms. The molecule has 27 heavy (non-hydrogen) atoms. The van der Waals surface area contributed by atoms with Crippen molar-refractivity contribution >= 4 is 17.6 Å². The van der Waals surface area contributed by atoms with Gasteiger partial charge in [0.15, 0.2) is 0 Å². The van der Waals surface area contributed by atoms with Crippen molar-refractivity contribution < 1.29 is 27.8 Å². The number of hydrogen-bond donors (Lipinski definition) is 1. The first kappa shape index (κ1) is 23.1. The molecular formula is C20H24ClF3O3. The van der Waals surface area contributed by atoms with Crippen molar-refractivity contribution in [1.82, 2.24) is 0 Å². The fraction of sp³-hybridized carbons (Fsp3) is 0.450. The topological polar surface area (TPSA) is 46.5 Å². The molecule has 0 saturated heterocycles. The van der Waals surface area contributed by atoms with E-state index < -0.39 is 23.8 Å². The summed E-state index contributed by atoms with van der Waals surface area (Å²) in [7, 11) is 0. The van der Waals surface area contributed by atoms with E-state index in [0.717, 1.165) is 12.2 Å². The predicted molar refractivity (Wildman–Crippen MR) is 101 cm³/mol. The van der Waals surface area contributed by atoms with Gasteiger partial charge >= 0.3 is 12.1 Å². The van der Waals surface area contributed by atoms with Crippen LogP contribution >= 0.6 is 11.6 Å². The van der Waals surface area contributed by atoms with Crippen LogP contribution in [-0.2, 0) is 9.53 Å². The summed E-state index contributed by atoms with van der Waals surface area (Å²) in [6.07, 6.45) is 5.75. The van der Waals surface area contributed by atoms with Gasteiger partial charge in [-0.25, -0.2) is 4.79 Å². The van der Waals surface area contributed by atoms with E-state index in [9.17, 15) is 23.1 Å². The Hall–Kier alpha value is -1.95. The number of carboxylic acids is 1. The largest absolute Gasteiger partial charge is 0.478 e. The molecule has 2 aliphatic carbocycles. The average molecular weight is 405 g/mol. The first-order valence-electron chi connectivity index (χ1n) is 8.82. The minimum absolute atomic E-state index is 0.0957. The molecule has 2 atom stereocenters. The third-order valence-corrected chi connectivity index (χ3v) is 4.11. The van der Waals surface area contributed by atoms with Crippen LogP contribution in [0, 0.1) is 0 Å². The molecule has 2 unspecified atom stereocenters. The van der Waals surface area contributed by atoms with E-state index >= 15 is 0 Å². The molecule has 0 saturated carbocycles. The summed E-state index contributed by atoms with van der Waals surface area (Å²) in [5, 5.41) is 9.35. The fourth-order valence-electron chi connectivity index (χ4n) is 2.50. The maximum Gasteiger partial charge on any atom is 0.416 e. The van der Waals surface area contributed by atoms with Gasteiger partial charge in [0.05, 0.1) is 11.0 Å². The Morgan fingerprint density at radius 1 is 1.30 bits per heavy atom. The van der Waals surface area contributed by atoms with E-state index in [1.54, 1.807) is 18.2 Å². The van der Waals surface area contributed by atoms with Gasteiger partial charge in [-0.15, -0.1) is 11.6 Å². The quantitative estimate of drug-likeness (QED) is 0.455. The zero-order valence-electron chi connectivity index (χ0n) is 15.3. The molecule has 0 radical (unpaired) electrons. The van der Waals surface area contributed by atoms with Crippen molar-refractivity contribution in [3.05, 3.63) is 59.4 Å². The molecule has 0 aromatic carbocycles. The minimum Gasteiger partial charge on any atom is -0.478 e. The summed E-state index contributed by atoms with van der Waals surface area (Å²) in [5.74, 6) is -1.38. The molecule has 7 heteroatoms. The molecule has 0 heterocycles. The molecule has 2 aliphatic rings. The van der Waals surface area contributed by atoms with E-state index in [1.165, 1.54) is 12.2 Å². The summed E-state index contributed by atoms with van der Waals surface area (Å²) in [4.78, 5) is 11.6. The lowest BCUT2D eigenvalue weighted by atomic mass is 10.00. The molecule has 0 fully saturated rings. The number of halogens is 4. The molecule has 0 spiro atoms. The maximum absolute atomic E-state index is 12.9. The van der Waals surface area contributed by atoms with E-state index in [2.05, 4.69) is 0 Å². The van der Waals surface area contributed by atoms with Gasteiger partial charge in [0.1, 0.15) is 5.76 Å². The van der Waals surface area contributed by atoms with Crippen LogP contribution in [0.4, 0.5) is 13.2 Å². The monoisotopic (exact) mass is 404 g/mol. The Balaban J connectivity index is 0.00000176. The second-order valence-electron chi connectivity index (χ2n) is 5.68. The van der Waals surface area contributed by atoms with E-state index in [-0.39, 0.29) is 17.6 Å². The highest BCUT2D eigenvalue weighted by Gasteiger charge is 2.33. The van der Waals surface area contributed by atoms with Crippen molar-refractivity contribution in [1.29, 1.82) is 0 Å². The third-order valence-electron chi connectivity index (χ3n) is 3.74. The van der Waals surface area contributed by atoms with Crippen LogP contribution in [0.1, 0.15) is 39.5 Å². The summed E-state index contributed by atoms with van der Waals surface area (Å²) in [6.45, 7) is 4.00. The number of alkyl halides is 4. The SMILES string of the molecule is CC.O=C(O)C(OC1=CC(C(F)(F)F)=CCC=C1)/C1=C/CCC(Cl)/C=C\C1. The molecule has 0 aromatic rings. The highest BCUT2D eigenvalue weighted by Crippen LogP contribution is 2.30. The Labute approximate surface area is 162 Å². The summed E-state index contributed by atoms with van der Waals surface area (Å²) in [5.41, 5.74) is -0.364. The standard InChI is InChI=1S/C18H18ClF3O3.C2H6/c19-14-8-3-5-12(6-4-9-14)16(17(23)24)25-15-10-2-1-7-13(11-15)18(20,21)22;1-2/h2-3,6-8,10-11,14,16H,1,4-5,9H2,(H,23,24);1-2H3/b8-3-,12-6+;. The second kappa shape index (κ2) is 11.0. The smallest absolute Gasteiger partial charge is 0.416 e. The minimum atomic E-state index is -4.52. The molecule has 0 aliphatic heterocycles. The van der Waals surface area contributed by atoms with Crippen LogP contribution in [0.3, 0.4) is 0 Å². The number of aliphatic carboxylic acids is 1. The molecule has 1 N–H and O–H groups in total. The first-order chi connectivity index (χ1) is 12.8. The Morgan fingerprint density at radius 3 is 2.63 bits per heavy atom. The Bertz CT molecular complexity index is 658. The van der Waals surface area contributed by atoms with Gasteiger partial charge in [-0.2, -0.15) is 13.2 Å². The average Bonchev–Trinajstić information content (AvgIpc) is 2.83. The zero-order chi connectivity index (χ0) is 20.4. The van der Waals surface area contributed by atoms with Gasteiger partial charge in [0.25, 0.3) is 0 Å². The highest BCUT2D eigenvalue weighted by molar-refractivity contribution is 6.21. The Morgan fingerprint density at radius 2 is 2.00 bits per heavy atom. The van der Waals surface area contributed by atoms with Crippen LogP contribution < -0.4 is 0 Å². The lowest BCUT2D eigenvalue weighted by Gasteiger charge is -2.20. The highest BCUT2D eigenvalue weighted by atomic mass is 35.5. The van der Waals surface area contributed by atoms with Crippen LogP contribution in [0.2, 0.25) is 0 Å². The number of hydrogen-bond acceptors (Lipinski definition) is 2. The lowest BCUT2D eigenvalue weighted by Crippen LogP contribution is -2.26. The second-order valence-corrected chi connectivity index (χ2v) is 6.24. The molecule has 150 valence electrons.